The molecule has 0 saturated heterocycles. The molecule has 0 amide bonds. The van der Waals surface area contributed by atoms with E-state index < -0.39 is 38.6 Å². The van der Waals surface area contributed by atoms with Gasteiger partial charge in [-0.05, 0) is 36.4 Å². The van der Waals surface area contributed by atoms with Crippen LogP contribution >= 0.6 is 0 Å². The van der Waals surface area contributed by atoms with Crippen molar-refractivity contribution in [3.05, 3.63) is 65.5 Å². The third-order valence-electron chi connectivity index (χ3n) is 2.57. The Hall–Kier alpha value is -1.82. The van der Waals surface area contributed by atoms with Gasteiger partial charge in [0.05, 0.1) is 10.6 Å². The maximum atomic E-state index is 13.4. The molecule has 19 heavy (non-hydrogen) atoms. The zero-order valence-corrected chi connectivity index (χ0v) is 10.4. The zero-order chi connectivity index (χ0) is 14.0. The van der Waals surface area contributed by atoms with Crippen molar-refractivity contribution in [3.63, 3.8) is 0 Å². The molecule has 0 bridgehead atoms. The monoisotopic (exact) mass is 286 g/mol. The van der Waals surface area contributed by atoms with Crippen LogP contribution in [-0.2, 0) is 15.6 Å². The summed E-state index contributed by atoms with van der Waals surface area (Å²) in [4.78, 5) is -0.184. The van der Waals surface area contributed by atoms with E-state index in [0.717, 1.165) is 42.5 Å². The van der Waals surface area contributed by atoms with Crippen molar-refractivity contribution < 1.29 is 21.6 Å². The van der Waals surface area contributed by atoms with Gasteiger partial charge < -0.3 is 0 Å². The molecule has 6 heteroatoms. The highest BCUT2D eigenvalue weighted by molar-refractivity contribution is 7.90. The minimum Gasteiger partial charge on any atom is -0.223 e. The van der Waals surface area contributed by atoms with Gasteiger partial charge >= 0.3 is 0 Å². The van der Waals surface area contributed by atoms with Crippen LogP contribution in [0.1, 0.15) is 5.56 Å². The first kappa shape index (κ1) is 13.6. The van der Waals surface area contributed by atoms with Crippen molar-refractivity contribution in [3.8, 4) is 0 Å². The summed E-state index contributed by atoms with van der Waals surface area (Å²) in [6.45, 7) is 0. The SMILES string of the molecule is O=S(=O)(Cc1c(F)cccc1F)c1ccc(F)cc1. The van der Waals surface area contributed by atoms with Crippen LogP contribution in [0.25, 0.3) is 0 Å². The van der Waals surface area contributed by atoms with Crippen molar-refractivity contribution in [2.75, 3.05) is 0 Å². The van der Waals surface area contributed by atoms with Crippen molar-refractivity contribution in [2.24, 2.45) is 0 Å². The molecule has 0 unspecified atom stereocenters. The molecule has 0 heterocycles. The highest BCUT2D eigenvalue weighted by atomic mass is 32.2. The van der Waals surface area contributed by atoms with Crippen molar-refractivity contribution >= 4 is 9.84 Å². The Morgan fingerprint density at radius 1 is 0.842 bits per heavy atom. The Labute approximate surface area is 108 Å². The van der Waals surface area contributed by atoms with Crippen LogP contribution < -0.4 is 0 Å². The first-order valence-corrected chi connectivity index (χ1v) is 6.96. The Bertz CT molecular complexity index is 674. The molecule has 100 valence electrons. The minimum atomic E-state index is -3.92. The van der Waals surface area contributed by atoms with Gasteiger partial charge in [-0.1, -0.05) is 6.07 Å². The van der Waals surface area contributed by atoms with Gasteiger partial charge in [0, 0.05) is 5.56 Å². The number of hydrogen-bond acceptors (Lipinski definition) is 2. The van der Waals surface area contributed by atoms with Crippen LogP contribution in [0.2, 0.25) is 0 Å². The van der Waals surface area contributed by atoms with Gasteiger partial charge in [-0.25, -0.2) is 21.6 Å². The van der Waals surface area contributed by atoms with Gasteiger partial charge in [-0.3, -0.25) is 0 Å². The summed E-state index contributed by atoms with van der Waals surface area (Å²) in [6.07, 6.45) is 0. The number of sulfone groups is 1. The summed E-state index contributed by atoms with van der Waals surface area (Å²) < 4.78 is 63.4. The van der Waals surface area contributed by atoms with Gasteiger partial charge in [-0.2, -0.15) is 0 Å². The molecule has 0 aliphatic heterocycles. The van der Waals surface area contributed by atoms with Crippen LogP contribution in [0.3, 0.4) is 0 Å². The summed E-state index contributed by atoms with van der Waals surface area (Å²) in [6, 6.07) is 7.19. The largest absolute Gasteiger partial charge is 0.223 e. The summed E-state index contributed by atoms with van der Waals surface area (Å²) in [5, 5.41) is 0. The quantitative estimate of drug-likeness (QED) is 0.813. The molecular formula is C13H9F3O2S. The normalized spacial score (nSPS) is 11.5. The molecule has 2 rings (SSSR count). The van der Waals surface area contributed by atoms with Gasteiger partial charge in [0.25, 0.3) is 0 Å². The second kappa shape index (κ2) is 5.05. The van der Waals surface area contributed by atoms with E-state index in [4.69, 9.17) is 0 Å². The van der Waals surface area contributed by atoms with E-state index >= 15 is 0 Å². The maximum Gasteiger partial charge on any atom is 0.182 e. The van der Waals surface area contributed by atoms with Gasteiger partial charge in [0.2, 0.25) is 0 Å². The van der Waals surface area contributed by atoms with Crippen LogP contribution in [0, 0.1) is 17.5 Å². The minimum absolute atomic E-state index is 0.184. The van der Waals surface area contributed by atoms with E-state index in [1.54, 1.807) is 0 Å². The van der Waals surface area contributed by atoms with Gasteiger partial charge in [0.15, 0.2) is 9.84 Å². The number of rotatable bonds is 3. The van der Waals surface area contributed by atoms with Crippen LogP contribution in [0.15, 0.2) is 47.4 Å². The Balaban J connectivity index is 2.39. The fourth-order valence-electron chi connectivity index (χ4n) is 1.59. The highest BCUT2D eigenvalue weighted by Crippen LogP contribution is 2.20. The summed E-state index contributed by atoms with van der Waals surface area (Å²) in [7, 11) is -3.92. The summed E-state index contributed by atoms with van der Waals surface area (Å²) in [5.74, 6) is -3.25. The third kappa shape index (κ3) is 2.96. The molecule has 0 atom stereocenters. The molecule has 0 aliphatic rings. The van der Waals surface area contributed by atoms with E-state index in [-0.39, 0.29) is 4.90 Å². The predicted octanol–water partition coefficient (Wildman–Crippen LogP) is 3.08. The van der Waals surface area contributed by atoms with Crippen molar-refractivity contribution in [2.45, 2.75) is 10.6 Å². The molecule has 0 aromatic heterocycles. The van der Waals surface area contributed by atoms with Crippen LogP contribution in [0.5, 0.6) is 0 Å². The van der Waals surface area contributed by atoms with Crippen molar-refractivity contribution in [1.82, 2.24) is 0 Å². The topological polar surface area (TPSA) is 34.1 Å². The lowest BCUT2D eigenvalue weighted by Crippen LogP contribution is -2.08. The summed E-state index contributed by atoms with van der Waals surface area (Å²) >= 11 is 0. The predicted molar refractivity (Wildman–Crippen MR) is 63.6 cm³/mol. The first-order chi connectivity index (χ1) is 8.90. The second-order valence-electron chi connectivity index (χ2n) is 3.91. The molecule has 0 radical (unpaired) electrons. The van der Waals surface area contributed by atoms with Gasteiger partial charge in [0.1, 0.15) is 17.5 Å². The van der Waals surface area contributed by atoms with E-state index in [1.165, 1.54) is 0 Å². The lowest BCUT2D eigenvalue weighted by atomic mass is 10.2. The molecule has 2 nitrogen and oxygen atoms in total. The fraction of sp³-hybridized carbons (Fsp3) is 0.0769. The number of benzene rings is 2. The first-order valence-electron chi connectivity index (χ1n) is 5.31. The smallest absolute Gasteiger partial charge is 0.182 e. The Kier molecular flexibility index (Phi) is 3.61. The highest BCUT2D eigenvalue weighted by Gasteiger charge is 2.20. The molecular weight excluding hydrogens is 277 g/mol. The fourth-order valence-corrected chi connectivity index (χ4v) is 2.96. The Morgan fingerprint density at radius 3 is 1.89 bits per heavy atom. The molecule has 0 saturated carbocycles. The second-order valence-corrected chi connectivity index (χ2v) is 5.90. The van der Waals surface area contributed by atoms with E-state index in [0.29, 0.717) is 0 Å². The molecule has 0 spiro atoms. The van der Waals surface area contributed by atoms with Crippen molar-refractivity contribution in [1.29, 1.82) is 0 Å². The van der Waals surface area contributed by atoms with Crippen LogP contribution in [0.4, 0.5) is 13.2 Å². The summed E-state index contributed by atoms with van der Waals surface area (Å²) in [5.41, 5.74) is -0.521. The molecule has 2 aromatic carbocycles. The molecule has 0 N–H and O–H groups in total. The average Bonchev–Trinajstić information content (AvgIpc) is 2.35. The average molecular weight is 286 g/mol. The van der Waals surface area contributed by atoms with Crippen LogP contribution in [-0.4, -0.2) is 8.42 Å². The zero-order valence-electron chi connectivity index (χ0n) is 9.61. The van der Waals surface area contributed by atoms with E-state index in [1.807, 2.05) is 0 Å². The Morgan fingerprint density at radius 2 is 1.37 bits per heavy atom. The lowest BCUT2D eigenvalue weighted by Gasteiger charge is -2.06. The molecule has 2 aromatic rings. The standard InChI is InChI=1S/C13H9F3O2S/c14-9-4-6-10(7-5-9)19(17,18)8-11-12(15)2-1-3-13(11)16/h1-7H,8H2. The van der Waals surface area contributed by atoms with Gasteiger partial charge in [-0.15, -0.1) is 0 Å². The molecule has 0 aliphatic carbocycles. The maximum absolute atomic E-state index is 13.4. The van der Waals surface area contributed by atoms with E-state index in [2.05, 4.69) is 0 Å². The molecule has 0 fully saturated rings. The van der Waals surface area contributed by atoms with E-state index in [9.17, 15) is 21.6 Å². The lowest BCUT2D eigenvalue weighted by molar-refractivity contribution is 0.555. The number of halogens is 3. The third-order valence-corrected chi connectivity index (χ3v) is 4.23. The number of hydrogen-bond donors (Lipinski definition) is 0.